The van der Waals surface area contributed by atoms with Crippen LogP contribution in [0.15, 0.2) is 35.4 Å². The average molecular weight is 374 g/mol. The Hall–Kier alpha value is -2.56. The molecule has 0 atom stereocenters. The van der Waals surface area contributed by atoms with Gasteiger partial charge in [-0.05, 0) is 62.1 Å². The van der Waals surface area contributed by atoms with E-state index in [2.05, 4.69) is 21.0 Å². The number of aryl methyl sites for hydroxylation is 1. The first-order valence-corrected chi connectivity index (χ1v) is 10.5. The second-order valence-electron chi connectivity index (χ2n) is 8.36. The van der Waals surface area contributed by atoms with Gasteiger partial charge >= 0.3 is 0 Å². The topological polar surface area (TPSA) is 60.7 Å². The Morgan fingerprint density at radius 2 is 1.82 bits per heavy atom. The summed E-state index contributed by atoms with van der Waals surface area (Å²) in [5.74, 6) is 0.937. The van der Waals surface area contributed by atoms with Crippen molar-refractivity contribution in [2.45, 2.75) is 70.3 Å². The highest BCUT2D eigenvalue weighted by Gasteiger charge is 2.27. The second-order valence-corrected chi connectivity index (χ2v) is 8.36. The van der Waals surface area contributed by atoms with E-state index in [1.807, 2.05) is 29.8 Å². The molecule has 3 aromatic rings. The average Bonchev–Trinajstić information content (AvgIpc) is 3.56. The molecule has 5 nitrogen and oxygen atoms in total. The molecule has 0 aliphatic heterocycles. The fraction of sp³-hybridized carbons (Fsp3) is 0.478. The standard InChI is InChI=1S/C23H26N4O/c1-15-13-25-20-12-19(16-6-3-2-4-7-16)23(28)27(22(20)26-15)14-21-18(17-9-10-17)8-5-11-24-21/h5,8,11-13,16-17H,2-4,6-7,9-10,14H2,1H3. The summed E-state index contributed by atoms with van der Waals surface area (Å²) in [6.45, 7) is 2.40. The van der Waals surface area contributed by atoms with E-state index in [-0.39, 0.29) is 5.56 Å². The van der Waals surface area contributed by atoms with Gasteiger partial charge in [-0.3, -0.25) is 19.3 Å². The first-order valence-electron chi connectivity index (χ1n) is 10.5. The number of rotatable bonds is 4. The summed E-state index contributed by atoms with van der Waals surface area (Å²) in [6.07, 6.45) is 11.9. The fourth-order valence-corrected chi connectivity index (χ4v) is 4.59. The van der Waals surface area contributed by atoms with Gasteiger partial charge in [-0.2, -0.15) is 0 Å². The van der Waals surface area contributed by atoms with E-state index in [1.54, 1.807) is 6.20 Å². The molecule has 0 aromatic carbocycles. The summed E-state index contributed by atoms with van der Waals surface area (Å²) in [6, 6.07) is 6.16. The van der Waals surface area contributed by atoms with E-state index < -0.39 is 0 Å². The van der Waals surface area contributed by atoms with E-state index in [0.29, 0.717) is 24.0 Å². The van der Waals surface area contributed by atoms with Gasteiger partial charge in [0.05, 0.1) is 17.9 Å². The van der Waals surface area contributed by atoms with Crippen LogP contribution in [0.2, 0.25) is 0 Å². The van der Waals surface area contributed by atoms with E-state index in [9.17, 15) is 4.79 Å². The van der Waals surface area contributed by atoms with Gasteiger partial charge in [0.25, 0.3) is 5.56 Å². The van der Waals surface area contributed by atoms with Gasteiger partial charge in [0.2, 0.25) is 0 Å². The molecule has 0 amide bonds. The molecule has 0 N–H and O–H groups in total. The predicted octanol–water partition coefficient (Wildman–Crippen LogP) is 4.47. The summed E-state index contributed by atoms with van der Waals surface area (Å²) in [4.78, 5) is 27.5. The SMILES string of the molecule is Cc1cnc2cc(C3CCCCC3)c(=O)n(Cc3ncccc3C3CC3)c2n1. The van der Waals surface area contributed by atoms with Crippen LogP contribution in [0, 0.1) is 6.92 Å². The number of hydrogen-bond donors (Lipinski definition) is 0. The lowest BCUT2D eigenvalue weighted by molar-refractivity contribution is 0.439. The van der Waals surface area contributed by atoms with Crippen LogP contribution in [-0.4, -0.2) is 19.5 Å². The lowest BCUT2D eigenvalue weighted by Gasteiger charge is -2.23. The van der Waals surface area contributed by atoms with Gasteiger partial charge in [-0.25, -0.2) is 4.98 Å². The fourth-order valence-electron chi connectivity index (χ4n) is 4.59. The molecule has 0 bridgehead atoms. The molecule has 0 unspecified atom stereocenters. The van der Waals surface area contributed by atoms with Gasteiger partial charge < -0.3 is 0 Å². The molecule has 0 radical (unpaired) electrons. The van der Waals surface area contributed by atoms with Crippen LogP contribution in [0.3, 0.4) is 0 Å². The Morgan fingerprint density at radius 1 is 1.04 bits per heavy atom. The van der Waals surface area contributed by atoms with Crippen molar-refractivity contribution in [2.24, 2.45) is 0 Å². The Labute approximate surface area is 164 Å². The molecule has 2 aliphatic carbocycles. The van der Waals surface area contributed by atoms with E-state index in [0.717, 1.165) is 35.3 Å². The first-order chi connectivity index (χ1) is 13.7. The molecular formula is C23H26N4O. The van der Waals surface area contributed by atoms with Crippen molar-refractivity contribution < 1.29 is 0 Å². The summed E-state index contributed by atoms with van der Waals surface area (Å²) < 4.78 is 1.83. The molecule has 3 heterocycles. The minimum atomic E-state index is 0.0895. The van der Waals surface area contributed by atoms with Crippen molar-refractivity contribution in [1.29, 1.82) is 0 Å². The van der Waals surface area contributed by atoms with Crippen molar-refractivity contribution in [3.05, 3.63) is 63.5 Å². The Balaban J connectivity index is 1.66. The van der Waals surface area contributed by atoms with Gasteiger partial charge in [0.1, 0.15) is 5.52 Å². The molecule has 2 saturated carbocycles. The number of aromatic nitrogens is 4. The highest BCUT2D eigenvalue weighted by atomic mass is 16.1. The zero-order chi connectivity index (χ0) is 19.1. The molecule has 3 aromatic heterocycles. The summed E-state index contributed by atoms with van der Waals surface area (Å²) in [7, 11) is 0. The van der Waals surface area contributed by atoms with E-state index >= 15 is 0 Å². The maximum atomic E-state index is 13.6. The van der Waals surface area contributed by atoms with Crippen LogP contribution in [0.25, 0.3) is 11.2 Å². The lowest BCUT2D eigenvalue weighted by atomic mass is 9.84. The third-order valence-corrected chi connectivity index (χ3v) is 6.24. The van der Waals surface area contributed by atoms with Crippen molar-refractivity contribution in [1.82, 2.24) is 19.5 Å². The number of pyridine rings is 2. The molecule has 28 heavy (non-hydrogen) atoms. The zero-order valence-corrected chi connectivity index (χ0v) is 16.4. The van der Waals surface area contributed by atoms with Crippen LogP contribution >= 0.6 is 0 Å². The number of nitrogens with zero attached hydrogens (tertiary/aromatic N) is 4. The van der Waals surface area contributed by atoms with E-state index in [4.69, 9.17) is 0 Å². The predicted molar refractivity (Wildman–Crippen MR) is 110 cm³/mol. The van der Waals surface area contributed by atoms with Crippen LogP contribution in [-0.2, 0) is 6.54 Å². The molecule has 0 saturated heterocycles. The van der Waals surface area contributed by atoms with Crippen molar-refractivity contribution >= 4 is 11.2 Å². The normalized spacial score (nSPS) is 17.9. The summed E-state index contributed by atoms with van der Waals surface area (Å²) in [5, 5.41) is 0. The Bertz CT molecular complexity index is 1080. The van der Waals surface area contributed by atoms with Gasteiger partial charge in [0, 0.05) is 18.0 Å². The highest BCUT2D eigenvalue weighted by molar-refractivity contribution is 5.71. The summed E-state index contributed by atoms with van der Waals surface area (Å²) in [5.41, 5.74) is 5.60. The third kappa shape index (κ3) is 3.23. The molecule has 2 aliphatic rings. The third-order valence-electron chi connectivity index (χ3n) is 6.24. The highest BCUT2D eigenvalue weighted by Crippen LogP contribution is 2.41. The van der Waals surface area contributed by atoms with Crippen LogP contribution in [0.1, 0.15) is 79.3 Å². The summed E-state index contributed by atoms with van der Waals surface area (Å²) >= 11 is 0. The molecule has 5 heteroatoms. The quantitative estimate of drug-likeness (QED) is 0.676. The molecule has 0 spiro atoms. The first kappa shape index (κ1) is 17.5. The lowest BCUT2D eigenvalue weighted by Crippen LogP contribution is -2.28. The van der Waals surface area contributed by atoms with Gasteiger partial charge in [0.15, 0.2) is 5.65 Å². The maximum Gasteiger partial charge on any atom is 0.256 e. The van der Waals surface area contributed by atoms with Crippen molar-refractivity contribution in [2.75, 3.05) is 0 Å². The van der Waals surface area contributed by atoms with Crippen LogP contribution < -0.4 is 5.56 Å². The minimum absolute atomic E-state index is 0.0895. The van der Waals surface area contributed by atoms with Crippen molar-refractivity contribution in [3.8, 4) is 0 Å². The van der Waals surface area contributed by atoms with Crippen molar-refractivity contribution in [3.63, 3.8) is 0 Å². The van der Waals surface area contributed by atoms with E-state index in [1.165, 1.54) is 37.7 Å². The molecule has 5 rings (SSSR count). The monoisotopic (exact) mass is 374 g/mol. The number of hydrogen-bond acceptors (Lipinski definition) is 4. The van der Waals surface area contributed by atoms with Crippen LogP contribution in [0.4, 0.5) is 0 Å². The second kappa shape index (κ2) is 7.12. The largest absolute Gasteiger partial charge is 0.285 e. The number of fused-ring (bicyclic) bond motifs is 1. The van der Waals surface area contributed by atoms with Crippen LogP contribution in [0.5, 0.6) is 0 Å². The smallest absolute Gasteiger partial charge is 0.256 e. The minimum Gasteiger partial charge on any atom is -0.285 e. The molecule has 144 valence electrons. The Kier molecular flexibility index (Phi) is 4.46. The molecule has 2 fully saturated rings. The van der Waals surface area contributed by atoms with Gasteiger partial charge in [-0.15, -0.1) is 0 Å². The Morgan fingerprint density at radius 3 is 2.61 bits per heavy atom. The van der Waals surface area contributed by atoms with Gasteiger partial charge in [-0.1, -0.05) is 25.3 Å². The zero-order valence-electron chi connectivity index (χ0n) is 16.4. The molecular weight excluding hydrogens is 348 g/mol. The maximum absolute atomic E-state index is 13.6.